The Kier molecular flexibility index (Phi) is 6.96. The van der Waals surface area contributed by atoms with Gasteiger partial charge in [0.2, 0.25) is 5.91 Å². The SMILES string of the molecule is CCNC(C)(CSC(C)CCO)C(N)=O. The standard InChI is InChI=1S/C10H22N2O2S/c1-4-12-10(3,9(11)14)7-15-8(2)5-6-13/h8,12-13H,4-7H2,1-3H3,(H2,11,14). The first-order chi connectivity index (χ1) is 6.96. The highest BCUT2D eigenvalue weighted by molar-refractivity contribution is 8.00. The Morgan fingerprint density at radius 1 is 1.67 bits per heavy atom. The van der Waals surface area contributed by atoms with Crippen molar-refractivity contribution in [2.75, 3.05) is 18.9 Å². The third kappa shape index (κ3) is 5.39. The van der Waals surface area contributed by atoms with Crippen LogP contribution in [0.25, 0.3) is 0 Å². The predicted molar refractivity (Wildman–Crippen MR) is 64.9 cm³/mol. The van der Waals surface area contributed by atoms with Crippen molar-refractivity contribution in [2.45, 2.75) is 38.0 Å². The van der Waals surface area contributed by atoms with Gasteiger partial charge in [-0.25, -0.2) is 0 Å². The topological polar surface area (TPSA) is 75.3 Å². The first kappa shape index (κ1) is 14.7. The quantitative estimate of drug-likeness (QED) is 0.566. The minimum Gasteiger partial charge on any atom is -0.396 e. The molecule has 0 aliphatic rings. The second-order valence-corrected chi connectivity index (χ2v) is 5.29. The lowest BCUT2D eigenvalue weighted by Gasteiger charge is -2.27. The number of nitrogens with one attached hydrogen (secondary N) is 1. The van der Waals surface area contributed by atoms with E-state index in [1.54, 1.807) is 11.8 Å². The van der Waals surface area contributed by atoms with Gasteiger partial charge in [0.15, 0.2) is 0 Å². The van der Waals surface area contributed by atoms with E-state index in [0.29, 0.717) is 17.5 Å². The first-order valence-electron chi connectivity index (χ1n) is 5.23. The number of rotatable bonds is 8. The number of primary amides is 1. The van der Waals surface area contributed by atoms with Gasteiger partial charge in [0.1, 0.15) is 5.54 Å². The monoisotopic (exact) mass is 234 g/mol. The van der Waals surface area contributed by atoms with Crippen LogP contribution in [0.15, 0.2) is 0 Å². The number of aliphatic hydroxyl groups excluding tert-OH is 1. The lowest BCUT2D eigenvalue weighted by Crippen LogP contribution is -2.55. The number of hydrogen-bond acceptors (Lipinski definition) is 4. The van der Waals surface area contributed by atoms with Crippen LogP contribution in [0.4, 0.5) is 0 Å². The zero-order valence-corrected chi connectivity index (χ0v) is 10.6. The Balaban J connectivity index is 4.12. The number of carbonyl (C=O) groups excluding carboxylic acids is 1. The molecule has 5 heteroatoms. The van der Waals surface area contributed by atoms with Crippen LogP contribution < -0.4 is 11.1 Å². The number of amides is 1. The number of carbonyl (C=O) groups is 1. The molecule has 0 saturated carbocycles. The molecule has 0 aromatic carbocycles. The summed E-state index contributed by atoms with van der Waals surface area (Å²) in [5, 5.41) is 12.2. The predicted octanol–water partition coefficient (Wildman–Crippen LogP) is 0.344. The lowest BCUT2D eigenvalue weighted by atomic mass is 10.1. The number of nitrogens with two attached hydrogens (primary N) is 1. The van der Waals surface area contributed by atoms with E-state index in [1.165, 1.54) is 0 Å². The van der Waals surface area contributed by atoms with E-state index in [0.717, 1.165) is 6.42 Å². The minimum atomic E-state index is -0.650. The van der Waals surface area contributed by atoms with Crippen molar-refractivity contribution < 1.29 is 9.90 Å². The second kappa shape index (κ2) is 7.09. The molecule has 0 fully saturated rings. The van der Waals surface area contributed by atoms with Crippen molar-refractivity contribution in [3.05, 3.63) is 0 Å². The van der Waals surface area contributed by atoms with Gasteiger partial charge in [0, 0.05) is 17.6 Å². The van der Waals surface area contributed by atoms with Gasteiger partial charge in [0.25, 0.3) is 0 Å². The van der Waals surface area contributed by atoms with Crippen LogP contribution in [0.5, 0.6) is 0 Å². The van der Waals surface area contributed by atoms with Crippen LogP contribution in [0.2, 0.25) is 0 Å². The van der Waals surface area contributed by atoms with E-state index in [2.05, 4.69) is 5.32 Å². The van der Waals surface area contributed by atoms with E-state index < -0.39 is 5.54 Å². The molecule has 0 saturated heterocycles. The molecule has 0 aliphatic carbocycles. The molecule has 0 bridgehead atoms. The van der Waals surface area contributed by atoms with E-state index in [-0.39, 0.29) is 12.5 Å². The summed E-state index contributed by atoms with van der Waals surface area (Å²) < 4.78 is 0. The maximum absolute atomic E-state index is 11.3. The lowest BCUT2D eigenvalue weighted by molar-refractivity contribution is -0.122. The van der Waals surface area contributed by atoms with Gasteiger partial charge in [-0.05, 0) is 19.9 Å². The van der Waals surface area contributed by atoms with Crippen molar-refractivity contribution in [2.24, 2.45) is 5.73 Å². The molecule has 0 radical (unpaired) electrons. The molecule has 0 spiro atoms. The van der Waals surface area contributed by atoms with Gasteiger partial charge in [-0.3, -0.25) is 4.79 Å². The zero-order chi connectivity index (χ0) is 11.9. The van der Waals surface area contributed by atoms with Crippen LogP contribution in [0.3, 0.4) is 0 Å². The van der Waals surface area contributed by atoms with Gasteiger partial charge in [-0.2, -0.15) is 11.8 Å². The third-order valence-corrected chi connectivity index (χ3v) is 3.85. The fourth-order valence-corrected chi connectivity index (χ4v) is 2.31. The van der Waals surface area contributed by atoms with Crippen molar-refractivity contribution in [3.8, 4) is 0 Å². The molecule has 0 aliphatic heterocycles. The number of hydrogen-bond donors (Lipinski definition) is 3. The van der Waals surface area contributed by atoms with Crippen molar-refractivity contribution in [3.63, 3.8) is 0 Å². The van der Waals surface area contributed by atoms with Crippen molar-refractivity contribution >= 4 is 17.7 Å². The molecule has 1 amide bonds. The highest BCUT2D eigenvalue weighted by atomic mass is 32.2. The average molecular weight is 234 g/mol. The zero-order valence-electron chi connectivity index (χ0n) is 9.75. The fourth-order valence-electron chi connectivity index (χ4n) is 1.17. The fraction of sp³-hybridized carbons (Fsp3) is 0.900. The van der Waals surface area contributed by atoms with Gasteiger partial charge < -0.3 is 16.2 Å². The summed E-state index contributed by atoms with van der Waals surface area (Å²) >= 11 is 1.65. The summed E-state index contributed by atoms with van der Waals surface area (Å²) in [5.74, 6) is 0.310. The largest absolute Gasteiger partial charge is 0.396 e. The van der Waals surface area contributed by atoms with Crippen molar-refractivity contribution in [1.82, 2.24) is 5.32 Å². The van der Waals surface area contributed by atoms with E-state index in [4.69, 9.17) is 10.8 Å². The number of likely N-dealkylation sites (N-methyl/N-ethyl adjacent to an activating group) is 1. The summed E-state index contributed by atoms with van der Waals surface area (Å²) in [5.41, 5.74) is 4.70. The Bertz CT molecular complexity index is 202. The summed E-state index contributed by atoms with van der Waals surface area (Å²) in [6.07, 6.45) is 0.742. The molecule has 0 aromatic rings. The van der Waals surface area contributed by atoms with E-state index in [9.17, 15) is 4.79 Å². The van der Waals surface area contributed by atoms with Crippen LogP contribution >= 0.6 is 11.8 Å². The van der Waals surface area contributed by atoms with Crippen LogP contribution in [0, 0.1) is 0 Å². The molecule has 2 atom stereocenters. The molecular weight excluding hydrogens is 212 g/mol. The first-order valence-corrected chi connectivity index (χ1v) is 6.28. The Hall–Kier alpha value is -0.260. The average Bonchev–Trinajstić information content (AvgIpc) is 2.15. The summed E-state index contributed by atoms with van der Waals surface area (Å²) in [6, 6.07) is 0. The summed E-state index contributed by atoms with van der Waals surface area (Å²) in [4.78, 5) is 11.3. The Morgan fingerprint density at radius 3 is 2.67 bits per heavy atom. The molecule has 0 heterocycles. The van der Waals surface area contributed by atoms with Crippen LogP contribution in [0.1, 0.15) is 27.2 Å². The molecule has 4 nitrogen and oxygen atoms in total. The molecule has 0 rings (SSSR count). The molecule has 4 N–H and O–H groups in total. The summed E-state index contributed by atoms with van der Waals surface area (Å²) in [6.45, 7) is 6.70. The smallest absolute Gasteiger partial charge is 0.238 e. The minimum absolute atomic E-state index is 0.183. The Labute approximate surface area is 96.0 Å². The second-order valence-electron chi connectivity index (χ2n) is 3.86. The van der Waals surface area contributed by atoms with E-state index >= 15 is 0 Å². The molecule has 0 aromatic heterocycles. The van der Waals surface area contributed by atoms with Gasteiger partial charge in [-0.1, -0.05) is 13.8 Å². The highest BCUT2D eigenvalue weighted by Gasteiger charge is 2.30. The summed E-state index contributed by atoms with van der Waals surface area (Å²) in [7, 11) is 0. The van der Waals surface area contributed by atoms with Crippen molar-refractivity contribution in [1.29, 1.82) is 0 Å². The highest BCUT2D eigenvalue weighted by Crippen LogP contribution is 2.19. The maximum atomic E-state index is 11.3. The number of thioether (sulfide) groups is 1. The molecule has 90 valence electrons. The van der Waals surface area contributed by atoms with Gasteiger partial charge >= 0.3 is 0 Å². The third-order valence-electron chi connectivity index (χ3n) is 2.30. The van der Waals surface area contributed by atoms with E-state index in [1.807, 2.05) is 20.8 Å². The molecule has 15 heavy (non-hydrogen) atoms. The van der Waals surface area contributed by atoms with Gasteiger partial charge in [-0.15, -0.1) is 0 Å². The normalized spacial score (nSPS) is 17.1. The number of aliphatic hydroxyl groups is 1. The van der Waals surface area contributed by atoms with Crippen LogP contribution in [-0.4, -0.2) is 40.7 Å². The van der Waals surface area contributed by atoms with Crippen LogP contribution in [-0.2, 0) is 4.79 Å². The molecule has 2 unspecified atom stereocenters. The maximum Gasteiger partial charge on any atom is 0.238 e. The van der Waals surface area contributed by atoms with Gasteiger partial charge in [0.05, 0.1) is 0 Å². The molecular formula is C10H22N2O2S. The Morgan fingerprint density at radius 2 is 2.27 bits per heavy atom.